The van der Waals surface area contributed by atoms with Crippen LogP contribution in [0.4, 0.5) is 0 Å². The highest BCUT2D eigenvalue weighted by atomic mass is 16.5. The van der Waals surface area contributed by atoms with Gasteiger partial charge in [-0.15, -0.1) is 0 Å². The van der Waals surface area contributed by atoms with Gasteiger partial charge in [0.05, 0.1) is 7.11 Å². The molecule has 112 valence electrons. The molecule has 0 aromatic heterocycles. The number of methoxy groups -OCH3 is 1. The van der Waals surface area contributed by atoms with E-state index in [1.165, 1.54) is 29.5 Å². The Labute approximate surface area is 123 Å². The molecule has 2 N–H and O–H groups in total. The maximum absolute atomic E-state index is 6.43. The maximum atomic E-state index is 6.43. The Bertz CT molecular complexity index is 467. The lowest BCUT2D eigenvalue weighted by Gasteiger charge is -2.37. The lowest BCUT2D eigenvalue weighted by molar-refractivity contribution is 0.232. The highest BCUT2D eigenvalue weighted by molar-refractivity contribution is 5.43. The van der Waals surface area contributed by atoms with Crippen LogP contribution in [0.2, 0.25) is 0 Å². The summed E-state index contributed by atoms with van der Waals surface area (Å²) in [6, 6.07) is 4.76. The normalized spacial score (nSPS) is 26.9. The molecule has 1 aliphatic carbocycles. The zero-order valence-electron chi connectivity index (χ0n) is 13.6. The van der Waals surface area contributed by atoms with Crippen molar-refractivity contribution in [2.24, 2.45) is 17.6 Å². The second-order valence-electron chi connectivity index (χ2n) is 6.77. The molecule has 1 aromatic carbocycles. The summed E-state index contributed by atoms with van der Waals surface area (Å²) in [7, 11) is 1.74. The lowest BCUT2D eigenvalue weighted by atomic mass is 9.70. The molecule has 0 amide bonds. The second-order valence-corrected chi connectivity index (χ2v) is 6.77. The molecule has 1 aromatic rings. The summed E-state index contributed by atoms with van der Waals surface area (Å²) >= 11 is 0. The number of rotatable bonds is 3. The Morgan fingerprint density at radius 3 is 2.45 bits per heavy atom. The van der Waals surface area contributed by atoms with Gasteiger partial charge in [-0.05, 0) is 73.6 Å². The first-order valence-electron chi connectivity index (χ1n) is 7.84. The van der Waals surface area contributed by atoms with E-state index in [0.717, 1.165) is 24.0 Å². The van der Waals surface area contributed by atoms with Crippen molar-refractivity contribution < 1.29 is 4.74 Å². The molecule has 0 bridgehead atoms. The van der Waals surface area contributed by atoms with Gasteiger partial charge in [0, 0.05) is 6.04 Å². The summed E-state index contributed by atoms with van der Waals surface area (Å²) in [5.74, 6) is 3.04. The fourth-order valence-corrected chi connectivity index (χ4v) is 3.62. The number of benzene rings is 1. The number of nitrogens with two attached hydrogens (primary N) is 1. The van der Waals surface area contributed by atoms with Crippen molar-refractivity contribution in [1.29, 1.82) is 0 Å². The van der Waals surface area contributed by atoms with Crippen LogP contribution in [-0.4, -0.2) is 13.2 Å². The van der Waals surface area contributed by atoms with E-state index in [9.17, 15) is 0 Å². The molecule has 2 nitrogen and oxygen atoms in total. The topological polar surface area (TPSA) is 35.2 Å². The first-order valence-corrected chi connectivity index (χ1v) is 7.84. The van der Waals surface area contributed by atoms with Gasteiger partial charge in [-0.3, -0.25) is 0 Å². The first kappa shape index (κ1) is 15.4. The first-order chi connectivity index (χ1) is 9.43. The third-order valence-electron chi connectivity index (χ3n) is 5.07. The predicted octanol–water partition coefficient (Wildman–Crippen LogP) is 4.18. The van der Waals surface area contributed by atoms with E-state index in [0.29, 0.717) is 12.0 Å². The molecular formula is C18H29NO. The van der Waals surface area contributed by atoms with Crippen LogP contribution in [0.25, 0.3) is 0 Å². The molecule has 2 heteroatoms. The fourth-order valence-electron chi connectivity index (χ4n) is 3.62. The van der Waals surface area contributed by atoms with Crippen LogP contribution in [0.15, 0.2) is 12.1 Å². The zero-order valence-corrected chi connectivity index (χ0v) is 13.6. The summed E-state index contributed by atoms with van der Waals surface area (Å²) in [6.45, 7) is 8.98. The summed E-state index contributed by atoms with van der Waals surface area (Å²) in [4.78, 5) is 0. The van der Waals surface area contributed by atoms with Crippen molar-refractivity contribution in [1.82, 2.24) is 0 Å². The molecule has 1 aliphatic rings. The van der Waals surface area contributed by atoms with E-state index in [1.54, 1.807) is 7.11 Å². The Balaban J connectivity index is 2.31. The second kappa shape index (κ2) is 6.17. The maximum Gasteiger partial charge on any atom is 0.122 e. The highest BCUT2D eigenvalue weighted by Crippen LogP contribution is 2.41. The zero-order chi connectivity index (χ0) is 14.9. The van der Waals surface area contributed by atoms with Crippen molar-refractivity contribution >= 4 is 0 Å². The van der Waals surface area contributed by atoms with Gasteiger partial charge in [0.15, 0.2) is 0 Å². The van der Waals surface area contributed by atoms with E-state index in [2.05, 4.69) is 39.8 Å². The minimum atomic E-state index is 0.302. The average molecular weight is 275 g/mol. The Kier molecular flexibility index (Phi) is 4.74. The van der Waals surface area contributed by atoms with Crippen LogP contribution in [0.3, 0.4) is 0 Å². The number of hydrogen-bond donors (Lipinski definition) is 1. The molecule has 0 aliphatic heterocycles. The molecule has 20 heavy (non-hydrogen) atoms. The number of ether oxygens (including phenoxy) is 1. The van der Waals surface area contributed by atoms with Gasteiger partial charge in [-0.2, -0.15) is 0 Å². The quantitative estimate of drug-likeness (QED) is 0.898. The van der Waals surface area contributed by atoms with Gasteiger partial charge in [-0.25, -0.2) is 0 Å². The third kappa shape index (κ3) is 3.01. The minimum Gasteiger partial charge on any atom is -0.496 e. The predicted molar refractivity (Wildman–Crippen MR) is 85.4 cm³/mol. The van der Waals surface area contributed by atoms with Crippen molar-refractivity contribution in [2.45, 2.75) is 58.9 Å². The van der Waals surface area contributed by atoms with Crippen LogP contribution in [0, 0.1) is 25.7 Å². The summed E-state index contributed by atoms with van der Waals surface area (Å²) < 4.78 is 5.42. The van der Waals surface area contributed by atoms with Crippen molar-refractivity contribution in [3.05, 3.63) is 28.8 Å². The molecule has 0 saturated heterocycles. The minimum absolute atomic E-state index is 0.302. The highest BCUT2D eigenvalue weighted by Gasteiger charge is 2.31. The van der Waals surface area contributed by atoms with Gasteiger partial charge < -0.3 is 10.5 Å². The van der Waals surface area contributed by atoms with Crippen LogP contribution in [0.5, 0.6) is 5.75 Å². The van der Waals surface area contributed by atoms with Gasteiger partial charge in [0.25, 0.3) is 0 Å². The molecule has 0 spiro atoms. The monoisotopic (exact) mass is 275 g/mol. The van der Waals surface area contributed by atoms with Gasteiger partial charge in [0.1, 0.15) is 5.75 Å². The molecule has 3 unspecified atom stereocenters. The van der Waals surface area contributed by atoms with E-state index in [4.69, 9.17) is 10.5 Å². The van der Waals surface area contributed by atoms with Crippen LogP contribution >= 0.6 is 0 Å². The number of aryl methyl sites for hydroxylation is 2. The Hall–Kier alpha value is -1.02. The molecule has 0 heterocycles. The lowest BCUT2D eigenvalue weighted by Crippen LogP contribution is -2.36. The van der Waals surface area contributed by atoms with Gasteiger partial charge in [-0.1, -0.05) is 19.9 Å². The Morgan fingerprint density at radius 1 is 1.15 bits per heavy atom. The average Bonchev–Trinajstić information content (AvgIpc) is 2.41. The Morgan fingerprint density at radius 2 is 1.85 bits per heavy atom. The standard InChI is InChI=1S/C18H29NO/c1-11(2)14-6-7-17(19)16(10-14)15-8-13(4)18(20-5)9-12(15)3/h8-9,11,14,16-17H,6-7,10,19H2,1-5H3. The van der Waals surface area contributed by atoms with Gasteiger partial charge >= 0.3 is 0 Å². The molecule has 1 saturated carbocycles. The summed E-state index contributed by atoms with van der Waals surface area (Å²) in [5, 5.41) is 0. The van der Waals surface area contributed by atoms with Crippen LogP contribution < -0.4 is 10.5 Å². The largest absolute Gasteiger partial charge is 0.496 e. The van der Waals surface area contributed by atoms with E-state index in [-0.39, 0.29) is 0 Å². The van der Waals surface area contributed by atoms with Crippen molar-refractivity contribution in [3.8, 4) is 5.75 Å². The SMILES string of the molecule is COc1cc(C)c(C2CC(C(C)C)CCC2N)cc1C. The summed E-state index contributed by atoms with van der Waals surface area (Å²) in [5.41, 5.74) is 10.4. The van der Waals surface area contributed by atoms with E-state index in [1.807, 2.05) is 0 Å². The van der Waals surface area contributed by atoms with E-state index < -0.39 is 0 Å². The fraction of sp³-hybridized carbons (Fsp3) is 0.667. The van der Waals surface area contributed by atoms with Crippen LogP contribution in [-0.2, 0) is 0 Å². The smallest absolute Gasteiger partial charge is 0.122 e. The van der Waals surface area contributed by atoms with Gasteiger partial charge in [0.2, 0.25) is 0 Å². The molecule has 0 radical (unpaired) electrons. The summed E-state index contributed by atoms with van der Waals surface area (Å²) in [6.07, 6.45) is 3.66. The third-order valence-corrected chi connectivity index (χ3v) is 5.07. The molecule has 2 rings (SSSR count). The van der Waals surface area contributed by atoms with E-state index >= 15 is 0 Å². The molecule has 3 atom stereocenters. The van der Waals surface area contributed by atoms with Crippen molar-refractivity contribution in [2.75, 3.05) is 7.11 Å². The molecular weight excluding hydrogens is 246 g/mol. The van der Waals surface area contributed by atoms with Crippen molar-refractivity contribution in [3.63, 3.8) is 0 Å². The number of hydrogen-bond acceptors (Lipinski definition) is 2. The van der Waals surface area contributed by atoms with Crippen LogP contribution in [0.1, 0.15) is 55.7 Å². The molecule has 1 fully saturated rings.